The molecule has 0 heterocycles. The van der Waals surface area contributed by atoms with E-state index >= 15 is 0 Å². The van der Waals surface area contributed by atoms with Crippen LogP contribution in [0.2, 0.25) is 0 Å². The fourth-order valence-electron chi connectivity index (χ4n) is 1.82. The third-order valence-electron chi connectivity index (χ3n) is 2.96. The van der Waals surface area contributed by atoms with E-state index in [1.54, 1.807) is 7.11 Å². The standard InChI is InChI=1S/C14H21NO2/c1-10(15)7-12-5-6-13(16-2)14(8-12)17-9-11-3-4-11/h5-6,8,10-11H,3-4,7,9,15H2,1-2H3. The first-order chi connectivity index (χ1) is 8.19. The maximum absolute atomic E-state index is 5.81. The van der Waals surface area contributed by atoms with E-state index in [0.717, 1.165) is 30.4 Å². The average molecular weight is 235 g/mol. The van der Waals surface area contributed by atoms with Crippen LogP contribution in [0.3, 0.4) is 0 Å². The summed E-state index contributed by atoms with van der Waals surface area (Å²) >= 11 is 0. The summed E-state index contributed by atoms with van der Waals surface area (Å²) in [6.07, 6.45) is 3.45. The summed E-state index contributed by atoms with van der Waals surface area (Å²) in [5.41, 5.74) is 7.01. The maximum atomic E-state index is 5.81. The number of rotatable bonds is 6. The van der Waals surface area contributed by atoms with Gasteiger partial charge in [-0.15, -0.1) is 0 Å². The molecule has 0 spiro atoms. The lowest BCUT2D eigenvalue weighted by Crippen LogP contribution is -2.17. The molecule has 1 aromatic carbocycles. The van der Waals surface area contributed by atoms with Gasteiger partial charge in [0.2, 0.25) is 0 Å². The molecule has 1 aliphatic rings. The van der Waals surface area contributed by atoms with E-state index in [1.165, 1.54) is 18.4 Å². The van der Waals surface area contributed by atoms with Gasteiger partial charge in [0.15, 0.2) is 11.5 Å². The first-order valence-electron chi connectivity index (χ1n) is 6.24. The van der Waals surface area contributed by atoms with Gasteiger partial charge in [0.25, 0.3) is 0 Å². The molecule has 0 radical (unpaired) electrons. The van der Waals surface area contributed by atoms with E-state index < -0.39 is 0 Å². The number of methoxy groups -OCH3 is 1. The normalized spacial score (nSPS) is 16.6. The Balaban J connectivity index is 2.07. The van der Waals surface area contributed by atoms with Gasteiger partial charge in [0, 0.05) is 6.04 Å². The highest BCUT2D eigenvalue weighted by atomic mass is 16.5. The van der Waals surface area contributed by atoms with Crippen LogP contribution >= 0.6 is 0 Å². The van der Waals surface area contributed by atoms with E-state index in [2.05, 4.69) is 0 Å². The lowest BCUT2D eigenvalue weighted by atomic mass is 10.1. The third-order valence-corrected chi connectivity index (χ3v) is 2.96. The molecule has 1 aliphatic carbocycles. The molecule has 94 valence electrons. The number of benzene rings is 1. The molecule has 0 aliphatic heterocycles. The van der Waals surface area contributed by atoms with E-state index in [0.29, 0.717) is 0 Å². The minimum atomic E-state index is 0.166. The molecule has 0 aromatic heterocycles. The van der Waals surface area contributed by atoms with Crippen LogP contribution in [0.25, 0.3) is 0 Å². The molecule has 1 saturated carbocycles. The van der Waals surface area contributed by atoms with Gasteiger partial charge in [0.1, 0.15) is 0 Å². The summed E-state index contributed by atoms with van der Waals surface area (Å²) in [5.74, 6) is 2.40. The molecule has 17 heavy (non-hydrogen) atoms. The van der Waals surface area contributed by atoms with E-state index in [-0.39, 0.29) is 6.04 Å². The second-order valence-electron chi connectivity index (χ2n) is 4.92. The van der Waals surface area contributed by atoms with Gasteiger partial charge >= 0.3 is 0 Å². The Labute approximate surface area is 103 Å². The van der Waals surface area contributed by atoms with Crippen molar-refractivity contribution in [3.8, 4) is 11.5 Å². The van der Waals surface area contributed by atoms with Crippen molar-refractivity contribution in [3.63, 3.8) is 0 Å². The lowest BCUT2D eigenvalue weighted by molar-refractivity contribution is 0.280. The van der Waals surface area contributed by atoms with Gasteiger partial charge in [-0.25, -0.2) is 0 Å². The van der Waals surface area contributed by atoms with Crippen LogP contribution in [0.5, 0.6) is 11.5 Å². The van der Waals surface area contributed by atoms with Gasteiger partial charge in [0.05, 0.1) is 13.7 Å². The summed E-state index contributed by atoms with van der Waals surface area (Å²) in [7, 11) is 1.67. The topological polar surface area (TPSA) is 44.5 Å². The fourth-order valence-corrected chi connectivity index (χ4v) is 1.82. The van der Waals surface area contributed by atoms with Gasteiger partial charge in [-0.3, -0.25) is 0 Å². The summed E-state index contributed by atoms with van der Waals surface area (Å²) in [6, 6.07) is 6.22. The fraction of sp³-hybridized carbons (Fsp3) is 0.571. The number of nitrogens with two attached hydrogens (primary N) is 1. The quantitative estimate of drug-likeness (QED) is 0.823. The Morgan fingerprint density at radius 3 is 2.71 bits per heavy atom. The Bertz CT molecular complexity index is 372. The number of hydrogen-bond donors (Lipinski definition) is 1. The molecule has 0 bridgehead atoms. The summed E-state index contributed by atoms with van der Waals surface area (Å²) in [6.45, 7) is 2.81. The van der Waals surface area contributed by atoms with Crippen LogP contribution < -0.4 is 15.2 Å². The van der Waals surface area contributed by atoms with Crippen molar-refractivity contribution >= 4 is 0 Å². The van der Waals surface area contributed by atoms with Crippen LogP contribution in [-0.2, 0) is 6.42 Å². The zero-order valence-corrected chi connectivity index (χ0v) is 10.6. The first kappa shape index (κ1) is 12.2. The number of ether oxygens (including phenoxy) is 2. The highest BCUT2D eigenvalue weighted by molar-refractivity contribution is 5.43. The smallest absolute Gasteiger partial charge is 0.161 e. The first-order valence-corrected chi connectivity index (χ1v) is 6.24. The largest absolute Gasteiger partial charge is 0.493 e. The van der Waals surface area contributed by atoms with Crippen molar-refractivity contribution in [2.24, 2.45) is 11.7 Å². The van der Waals surface area contributed by atoms with Crippen molar-refractivity contribution in [1.29, 1.82) is 0 Å². The van der Waals surface area contributed by atoms with E-state index in [1.807, 2.05) is 25.1 Å². The Morgan fingerprint density at radius 1 is 1.35 bits per heavy atom. The molecule has 3 nitrogen and oxygen atoms in total. The zero-order valence-electron chi connectivity index (χ0n) is 10.6. The van der Waals surface area contributed by atoms with Crippen LogP contribution in [0.1, 0.15) is 25.3 Å². The molecule has 1 atom stereocenters. The van der Waals surface area contributed by atoms with Crippen molar-refractivity contribution in [1.82, 2.24) is 0 Å². The second-order valence-corrected chi connectivity index (χ2v) is 4.92. The molecule has 3 heteroatoms. The van der Waals surface area contributed by atoms with Crippen molar-refractivity contribution in [2.75, 3.05) is 13.7 Å². The minimum Gasteiger partial charge on any atom is -0.493 e. The van der Waals surface area contributed by atoms with Crippen LogP contribution in [0.4, 0.5) is 0 Å². The van der Waals surface area contributed by atoms with Gasteiger partial charge in [-0.1, -0.05) is 6.07 Å². The highest BCUT2D eigenvalue weighted by Crippen LogP contribution is 2.33. The van der Waals surface area contributed by atoms with Crippen LogP contribution in [0, 0.1) is 5.92 Å². The highest BCUT2D eigenvalue weighted by Gasteiger charge is 2.22. The summed E-state index contributed by atoms with van der Waals surface area (Å²) < 4.78 is 11.1. The van der Waals surface area contributed by atoms with Crippen LogP contribution in [0.15, 0.2) is 18.2 Å². The molecule has 0 saturated heterocycles. The molecule has 1 aromatic rings. The molecule has 2 rings (SSSR count). The SMILES string of the molecule is COc1ccc(CC(C)N)cc1OCC1CC1. The summed E-state index contributed by atoms with van der Waals surface area (Å²) in [4.78, 5) is 0. The molecular formula is C14H21NO2. The Kier molecular flexibility index (Phi) is 3.89. The summed E-state index contributed by atoms with van der Waals surface area (Å²) in [5, 5.41) is 0. The predicted molar refractivity (Wildman–Crippen MR) is 68.6 cm³/mol. The lowest BCUT2D eigenvalue weighted by Gasteiger charge is -2.13. The second kappa shape index (κ2) is 5.41. The predicted octanol–water partition coefficient (Wildman–Crippen LogP) is 2.37. The van der Waals surface area contributed by atoms with Crippen molar-refractivity contribution < 1.29 is 9.47 Å². The van der Waals surface area contributed by atoms with Gasteiger partial charge < -0.3 is 15.2 Å². The Hall–Kier alpha value is -1.22. The van der Waals surface area contributed by atoms with E-state index in [4.69, 9.17) is 15.2 Å². The maximum Gasteiger partial charge on any atom is 0.161 e. The molecule has 1 fully saturated rings. The van der Waals surface area contributed by atoms with Crippen LogP contribution in [-0.4, -0.2) is 19.8 Å². The monoisotopic (exact) mass is 235 g/mol. The number of hydrogen-bond acceptors (Lipinski definition) is 3. The van der Waals surface area contributed by atoms with Gasteiger partial charge in [-0.05, 0) is 49.8 Å². The molecule has 1 unspecified atom stereocenters. The Morgan fingerprint density at radius 2 is 2.12 bits per heavy atom. The third kappa shape index (κ3) is 3.63. The minimum absolute atomic E-state index is 0.166. The van der Waals surface area contributed by atoms with E-state index in [9.17, 15) is 0 Å². The molecular weight excluding hydrogens is 214 g/mol. The van der Waals surface area contributed by atoms with Crippen molar-refractivity contribution in [3.05, 3.63) is 23.8 Å². The van der Waals surface area contributed by atoms with Gasteiger partial charge in [-0.2, -0.15) is 0 Å². The zero-order chi connectivity index (χ0) is 12.3. The molecule has 2 N–H and O–H groups in total. The molecule has 0 amide bonds. The van der Waals surface area contributed by atoms with Crippen molar-refractivity contribution in [2.45, 2.75) is 32.2 Å². The average Bonchev–Trinajstić information content (AvgIpc) is 3.09.